The molecule has 0 aromatic heterocycles. The van der Waals surface area contributed by atoms with Crippen molar-refractivity contribution in [2.24, 2.45) is 22.4 Å². The van der Waals surface area contributed by atoms with Crippen LogP contribution in [0.15, 0.2) is 41.5 Å². The number of thiocarbonyl (C=S) groups is 1. The van der Waals surface area contributed by atoms with Gasteiger partial charge in [0.2, 0.25) is 0 Å². The minimum absolute atomic E-state index is 0.0510. The summed E-state index contributed by atoms with van der Waals surface area (Å²) < 4.78 is 0. The summed E-state index contributed by atoms with van der Waals surface area (Å²) in [6.45, 7) is 7.07. The summed E-state index contributed by atoms with van der Waals surface area (Å²) in [5.74, 6) is 1.51. The molecule has 3 rings (SSSR count). The Morgan fingerprint density at radius 3 is 2.54 bits per heavy atom. The molecule has 128 valence electrons. The number of nitrogens with one attached hydrogen (secondary N) is 2. The Balaban J connectivity index is 1.53. The molecule has 2 N–H and O–H groups in total. The van der Waals surface area contributed by atoms with Crippen molar-refractivity contribution in [3.63, 3.8) is 0 Å². The van der Waals surface area contributed by atoms with E-state index in [1.807, 2.05) is 30.4 Å². The highest BCUT2D eigenvalue weighted by Gasteiger charge is 2.60. The molecule has 0 saturated heterocycles. The zero-order valence-electron chi connectivity index (χ0n) is 14.8. The van der Waals surface area contributed by atoms with Crippen LogP contribution < -0.4 is 10.7 Å². The van der Waals surface area contributed by atoms with Crippen LogP contribution >= 0.6 is 12.2 Å². The van der Waals surface area contributed by atoms with Gasteiger partial charge in [0.05, 0.1) is 0 Å². The van der Waals surface area contributed by atoms with E-state index in [0.29, 0.717) is 11.0 Å². The first-order valence-electron chi connectivity index (χ1n) is 8.76. The normalized spacial score (nSPS) is 31.0. The van der Waals surface area contributed by atoms with Gasteiger partial charge >= 0.3 is 0 Å². The second kappa shape index (κ2) is 6.67. The first kappa shape index (κ1) is 17.2. The molecule has 0 aliphatic heterocycles. The Kier molecular flexibility index (Phi) is 4.77. The zero-order valence-corrected chi connectivity index (χ0v) is 15.6. The van der Waals surface area contributed by atoms with Gasteiger partial charge in [0, 0.05) is 11.8 Å². The summed E-state index contributed by atoms with van der Waals surface area (Å²) in [4.78, 5) is 0. The highest BCUT2D eigenvalue weighted by atomic mass is 32.1. The lowest BCUT2D eigenvalue weighted by molar-refractivity contribution is 0.0833. The van der Waals surface area contributed by atoms with Gasteiger partial charge in [-0.25, -0.2) is 0 Å². The molecule has 24 heavy (non-hydrogen) atoms. The van der Waals surface area contributed by atoms with Crippen molar-refractivity contribution >= 4 is 29.6 Å². The Hall–Kier alpha value is -1.68. The van der Waals surface area contributed by atoms with E-state index < -0.39 is 0 Å². The number of allylic oxidation sites excluding steroid dienone is 1. The molecule has 0 spiro atoms. The fourth-order valence-electron chi connectivity index (χ4n) is 4.50. The maximum absolute atomic E-state index is 5.46. The minimum Gasteiger partial charge on any atom is -0.355 e. The first-order chi connectivity index (χ1) is 11.4. The third-order valence-corrected chi connectivity index (χ3v) is 6.59. The molecule has 2 aliphatic rings. The third-order valence-electron chi connectivity index (χ3n) is 6.40. The van der Waals surface area contributed by atoms with Crippen molar-refractivity contribution in [2.75, 3.05) is 0 Å². The average molecular weight is 342 g/mol. The van der Waals surface area contributed by atoms with Gasteiger partial charge in [-0.05, 0) is 67.3 Å². The van der Waals surface area contributed by atoms with Crippen LogP contribution in [0, 0.1) is 17.3 Å². The standard InChI is InChI=1S/C20H27N3S/c1-19(2)16-11-12-17(14-16)20(19,3)22-18(24)23-21-13-7-10-15-8-5-4-6-9-15/h4-10,13,16-17H,11-12,14H2,1-3H3,(H2,22,23,24). The molecule has 0 radical (unpaired) electrons. The van der Waals surface area contributed by atoms with Crippen molar-refractivity contribution in [1.29, 1.82) is 0 Å². The number of hydrogen-bond donors (Lipinski definition) is 2. The van der Waals surface area contributed by atoms with E-state index in [9.17, 15) is 0 Å². The number of rotatable bonds is 4. The largest absolute Gasteiger partial charge is 0.355 e. The Morgan fingerprint density at radius 2 is 1.88 bits per heavy atom. The van der Waals surface area contributed by atoms with Gasteiger partial charge in [-0.3, -0.25) is 5.43 Å². The fraction of sp³-hybridized carbons (Fsp3) is 0.500. The van der Waals surface area contributed by atoms with Crippen molar-refractivity contribution in [1.82, 2.24) is 10.7 Å². The van der Waals surface area contributed by atoms with Gasteiger partial charge in [-0.2, -0.15) is 5.10 Å². The molecule has 0 amide bonds. The van der Waals surface area contributed by atoms with Crippen LogP contribution in [-0.2, 0) is 0 Å². The van der Waals surface area contributed by atoms with Gasteiger partial charge in [0.25, 0.3) is 0 Å². The van der Waals surface area contributed by atoms with Crippen LogP contribution in [-0.4, -0.2) is 16.9 Å². The van der Waals surface area contributed by atoms with Gasteiger partial charge in [0.1, 0.15) is 0 Å². The number of hydrogen-bond acceptors (Lipinski definition) is 2. The molecule has 2 bridgehead atoms. The van der Waals surface area contributed by atoms with E-state index >= 15 is 0 Å². The fourth-order valence-corrected chi connectivity index (χ4v) is 4.76. The molecule has 0 heterocycles. The predicted molar refractivity (Wildman–Crippen MR) is 106 cm³/mol. The van der Waals surface area contributed by atoms with E-state index in [2.05, 4.69) is 48.7 Å². The van der Waals surface area contributed by atoms with Crippen molar-refractivity contribution in [3.8, 4) is 0 Å². The van der Waals surface area contributed by atoms with Crippen molar-refractivity contribution in [2.45, 2.75) is 45.6 Å². The molecular formula is C20H27N3S. The quantitative estimate of drug-likeness (QED) is 0.485. The van der Waals surface area contributed by atoms with E-state index in [1.165, 1.54) is 19.3 Å². The van der Waals surface area contributed by atoms with Gasteiger partial charge in [-0.15, -0.1) is 0 Å². The second-order valence-corrected chi connectivity index (χ2v) is 8.15. The van der Waals surface area contributed by atoms with Crippen LogP contribution in [0.5, 0.6) is 0 Å². The summed E-state index contributed by atoms with van der Waals surface area (Å²) >= 11 is 5.46. The molecule has 3 nitrogen and oxygen atoms in total. The number of fused-ring (bicyclic) bond motifs is 2. The van der Waals surface area contributed by atoms with Gasteiger partial charge < -0.3 is 5.32 Å². The Morgan fingerprint density at radius 1 is 1.17 bits per heavy atom. The molecule has 4 heteroatoms. The summed E-state index contributed by atoms with van der Waals surface area (Å²) in [5.41, 5.74) is 4.42. The number of benzene rings is 1. The lowest BCUT2D eigenvalue weighted by Gasteiger charge is -2.48. The SMILES string of the molecule is CC1(C)C2CCC(C2)C1(C)NC(=S)NN=CC=Cc1ccccc1. The molecule has 1 aromatic rings. The molecule has 3 unspecified atom stereocenters. The molecule has 1 aromatic carbocycles. The van der Waals surface area contributed by atoms with Gasteiger partial charge in [-0.1, -0.05) is 50.3 Å². The van der Waals surface area contributed by atoms with E-state index in [0.717, 1.165) is 11.5 Å². The molecule has 2 fully saturated rings. The molecular weight excluding hydrogens is 314 g/mol. The topological polar surface area (TPSA) is 36.4 Å². The van der Waals surface area contributed by atoms with Crippen molar-refractivity contribution in [3.05, 3.63) is 42.0 Å². The molecule has 3 atom stereocenters. The molecule has 2 aliphatic carbocycles. The Bertz CT molecular complexity index is 650. The van der Waals surface area contributed by atoms with Crippen LogP contribution in [0.4, 0.5) is 0 Å². The highest BCUT2D eigenvalue weighted by Crippen LogP contribution is 2.61. The minimum atomic E-state index is 0.0510. The summed E-state index contributed by atoms with van der Waals surface area (Å²) in [5, 5.41) is 8.39. The summed E-state index contributed by atoms with van der Waals surface area (Å²) in [6, 6.07) is 10.2. The number of hydrazone groups is 1. The van der Waals surface area contributed by atoms with E-state index in [-0.39, 0.29) is 11.0 Å². The predicted octanol–water partition coefficient (Wildman–Crippen LogP) is 4.36. The zero-order chi connectivity index (χ0) is 17.2. The summed E-state index contributed by atoms with van der Waals surface area (Å²) in [6.07, 6.45) is 9.65. The van der Waals surface area contributed by atoms with Crippen LogP contribution in [0.3, 0.4) is 0 Å². The second-order valence-electron chi connectivity index (χ2n) is 7.74. The van der Waals surface area contributed by atoms with Crippen LogP contribution in [0.25, 0.3) is 6.08 Å². The lowest BCUT2D eigenvalue weighted by Crippen LogP contribution is -2.60. The maximum atomic E-state index is 5.46. The summed E-state index contributed by atoms with van der Waals surface area (Å²) in [7, 11) is 0. The van der Waals surface area contributed by atoms with Crippen LogP contribution in [0.2, 0.25) is 0 Å². The monoisotopic (exact) mass is 341 g/mol. The average Bonchev–Trinajstić information content (AvgIpc) is 3.11. The van der Waals surface area contributed by atoms with Gasteiger partial charge in [0.15, 0.2) is 5.11 Å². The molecule has 2 saturated carbocycles. The van der Waals surface area contributed by atoms with Crippen LogP contribution in [0.1, 0.15) is 45.6 Å². The van der Waals surface area contributed by atoms with E-state index in [4.69, 9.17) is 12.2 Å². The van der Waals surface area contributed by atoms with Crippen molar-refractivity contribution < 1.29 is 0 Å². The maximum Gasteiger partial charge on any atom is 0.187 e. The lowest BCUT2D eigenvalue weighted by atomic mass is 9.64. The smallest absolute Gasteiger partial charge is 0.187 e. The Labute approximate surface area is 150 Å². The highest BCUT2D eigenvalue weighted by molar-refractivity contribution is 7.80. The third kappa shape index (κ3) is 3.12. The number of nitrogens with zero attached hydrogens (tertiary/aromatic N) is 1. The van der Waals surface area contributed by atoms with E-state index in [1.54, 1.807) is 6.21 Å². The first-order valence-corrected chi connectivity index (χ1v) is 9.17.